The molecule has 118 valence electrons. The van der Waals surface area contributed by atoms with Gasteiger partial charge in [-0.3, -0.25) is 4.79 Å². The van der Waals surface area contributed by atoms with Gasteiger partial charge in [0.1, 0.15) is 0 Å². The zero-order chi connectivity index (χ0) is 14.6. The molecule has 1 aliphatic heterocycles. The second kappa shape index (κ2) is 11.1. The van der Waals surface area contributed by atoms with Gasteiger partial charge in [-0.1, -0.05) is 46.0 Å². The Hall–Kier alpha value is -0.570. The molecule has 0 aromatic rings. The molecule has 20 heavy (non-hydrogen) atoms. The fourth-order valence-corrected chi connectivity index (χ4v) is 3.03. The second-order valence-electron chi connectivity index (χ2n) is 6.31. The molecule has 0 aromatic heterocycles. The quantitative estimate of drug-likeness (QED) is 0.568. The molecule has 0 bridgehead atoms. The van der Waals surface area contributed by atoms with Gasteiger partial charge in [0.15, 0.2) is 0 Å². The number of carbonyl (C=O) groups is 1. The molecular weight excluding hydrogens is 248 g/mol. The summed E-state index contributed by atoms with van der Waals surface area (Å²) in [5.41, 5.74) is 0. The minimum atomic E-state index is 0.260. The lowest BCUT2D eigenvalue weighted by atomic mass is 9.92. The number of hydrogen-bond acceptors (Lipinski definition) is 2. The van der Waals surface area contributed by atoms with Gasteiger partial charge in [-0.15, -0.1) is 0 Å². The van der Waals surface area contributed by atoms with Gasteiger partial charge in [0.2, 0.25) is 5.91 Å². The summed E-state index contributed by atoms with van der Waals surface area (Å²) < 4.78 is 0. The molecule has 2 N–H and O–H groups in total. The van der Waals surface area contributed by atoms with E-state index in [0.717, 1.165) is 19.5 Å². The molecule has 3 nitrogen and oxygen atoms in total. The second-order valence-corrected chi connectivity index (χ2v) is 6.31. The number of carbonyl (C=O) groups excluding carboxylic acids is 1. The summed E-state index contributed by atoms with van der Waals surface area (Å²) >= 11 is 0. The molecule has 2 atom stereocenters. The van der Waals surface area contributed by atoms with Crippen molar-refractivity contribution < 1.29 is 4.79 Å². The Morgan fingerprint density at radius 1 is 1.20 bits per heavy atom. The van der Waals surface area contributed by atoms with Gasteiger partial charge in [-0.25, -0.2) is 0 Å². The third kappa shape index (κ3) is 7.88. The molecule has 0 radical (unpaired) electrons. The molecule has 1 aliphatic rings. The Bertz CT molecular complexity index is 249. The van der Waals surface area contributed by atoms with Crippen LogP contribution in [0, 0.1) is 5.92 Å². The molecule has 0 aromatic carbocycles. The van der Waals surface area contributed by atoms with Gasteiger partial charge in [-0.2, -0.15) is 0 Å². The molecule has 1 saturated heterocycles. The Morgan fingerprint density at radius 2 is 1.95 bits per heavy atom. The molecule has 0 aliphatic carbocycles. The van der Waals surface area contributed by atoms with Crippen LogP contribution in [0.25, 0.3) is 0 Å². The van der Waals surface area contributed by atoms with Crippen molar-refractivity contribution in [2.75, 3.05) is 13.1 Å². The Morgan fingerprint density at radius 3 is 2.60 bits per heavy atom. The predicted molar refractivity (Wildman–Crippen MR) is 85.8 cm³/mol. The normalized spacial score (nSPS) is 20.0. The average molecular weight is 282 g/mol. The van der Waals surface area contributed by atoms with E-state index in [-0.39, 0.29) is 5.91 Å². The maximum Gasteiger partial charge on any atom is 0.220 e. The van der Waals surface area contributed by atoms with E-state index in [2.05, 4.69) is 24.5 Å². The first-order chi connectivity index (χ1) is 9.76. The summed E-state index contributed by atoms with van der Waals surface area (Å²) in [7, 11) is 0. The van der Waals surface area contributed by atoms with Gasteiger partial charge in [-0.05, 0) is 38.1 Å². The molecule has 1 rings (SSSR count). The van der Waals surface area contributed by atoms with Crippen LogP contribution < -0.4 is 10.6 Å². The van der Waals surface area contributed by atoms with E-state index in [1.54, 1.807) is 0 Å². The largest absolute Gasteiger partial charge is 0.355 e. The zero-order valence-electron chi connectivity index (χ0n) is 13.5. The standard InChI is InChI=1S/C17H34N2O/c1-3-5-7-10-15(9-6-4-2)13-17(20)19-14-16-11-8-12-18-16/h15-16,18H,3-14H2,1-2H3,(H,19,20)/t15?,16-/m1/s1. The zero-order valence-corrected chi connectivity index (χ0v) is 13.5. The summed E-state index contributed by atoms with van der Waals surface area (Å²) in [6.07, 6.45) is 12.0. The highest BCUT2D eigenvalue weighted by molar-refractivity contribution is 5.76. The molecule has 0 spiro atoms. The van der Waals surface area contributed by atoms with Crippen molar-refractivity contribution in [3.63, 3.8) is 0 Å². The van der Waals surface area contributed by atoms with Crippen LogP contribution in [-0.4, -0.2) is 25.0 Å². The molecule has 1 amide bonds. The summed E-state index contributed by atoms with van der Waals surface area (Å²) in [5.74, 6) is 0.856. The van der Waals surface area contributed by atoms with Crippen LogP contribution in [-0.2, 0) is 4.79 Å². The summed E-state index contributed by atoms with van der Waals surface area (Å²) in [4.78, 5) is 12.1. The number of rotatable bonds is 11. The average Bonchev–Trinajstić information content (AvgIpc) is 2.96. The Balaban J connectivity index is 2.20. The first kappa shape index (κ1) is 17.5. The monoisotopic (exact) mass is 282 g/mol. The third-order valence-electron chi connectivity index (χ3n) is 4.36. The summed E-state index contributed by atoms with van der Waals surface area (Å²) in [6.45, 7) is 6.39. The van der Waals surface area contributed by atoms with Crippen LogP contribution >= 0.6 is 0 Å². The summed E-state index contributed by atoms with van der Waals surface area (Å²) in [5, 5.41) is 6.55. The van der Waals surface area contributed by atoms with Gasteiger partial charge < -0.3 is 10.6 Å². The van der Waals surface area contributed by atoms with Crippen molar-refractivity contribution >= 4 is 5.91 Å². The highest BCUT2D eigenvalue weighted by Gasteiger charge is 2.17. The van der Waals surface area contributed by atoms with E-state index < -0.39 is 0 Å². The van der Waals surface area contributed by atoms with E-state index in [0.29, 0.717) is 12.0 Å². The molecule has 3 heteroatoms. The molecule has 0 saturated carbocycles. The Labute approximate surface area is 125 Å². The van der Waals surface area contributed by atoms with Crippen molar-refractivity contribution in [3.8, 4) is 0 Å². The fourth-order valence-electron chi connectivity index (χ4n) is 3.03. The van der Waals surface area contributed by atoms with Crippen LogP contribution in [0.2, 0.25) is 0 Å². The van der Waals surface area contributed by atoms with Crippen molar-refractivity contribution in [2.45, 2.75) is 84.1 Å². The van der Waals surface area contributed by atoms with Crippen LogP contribution in [0.1, 0.15) is 78.1 Å². The van der Waals surface area contributed by atoms with Gasteiger partial charge >= 0.3 is 0 Å². The molecule has 1 fully saturated rings. The molecule has 1 heterocycles. The molecule has 1 unspecified atom stereocenters. The van der Waals surface area contributed by atoms with Crippen molar-refractivity contribution in [2.24, 2.45) is 5.92 Å². The lowest BCUT2D eigenvalue weighted by molar-refractivity contribution is -0.122. The van der Waals surface area contributed by atoms with E-state index >= 15 is 0 Å². The minimum absolute atomic E-state index is 0.260. The smallest absolute Gasteiger partial charge is 0.220 e. The maximum atomic E-state index is 12.1. The van der Waals surface area contributed by atoms with E-state index in [1.165, 1.54) is 57.8 Å². The lowest BCUT2D eigenvalue weighted by Gasteiger charge is -2.17. The Kier molecular flexibility index (Phi) is 9.73. The predicted octanol–water partition coefficient (Wildman–Crippen LogP) is 3.63. The highest BCUT2D eigenvalue weighted by Crippen LogP contribution is 2.20. The van der Waals surface area contributed by atoms with Gasteiger partial charge in [0, 0.05) is 19.0 Å². The maximum absolute atomic E-state index is 12.1. The van der Waals surface area contributed by atoms with Crippen molar-refractivity contribution in [1.29, 1.82) is 0 Å². The third-order valence-corrected chi connectivity index (χ3v) is 4.36. The van der Waals surface area contributed by atoms with E-state index in [9.17, 15) is 4.79 Å². The van der Waals surface area contributed by atoms with Crippen LogP contribution in [0.3, 0.4) is 0 Å². The first-order valence-electron chi connectivity index (χ1n) is 8.76. The van der Waals surface area contributed by atoms with Gasteiger partial charge in [0.05, 0.1) is 0 Å². The highest BCUT2D eigenvalue weighted by atomic mass is 16.1. The minimum Gasteiger partial charge on any atom is -0.355 e. The van der Waals surface area contributed by atoms with Crippen LogP contribution in [0.15, 0.2) is 0 Å². The first-order valence-corrected chi connectivity index (χ1v) is 8.76. The number of hydrogen-bond donors (Lipinski definition) is 2. The number of amides is 1. The van der Waals surface area contributed by atoms with E-state index in [4.69, 9.17) is 0 Å². The van der Waals surface area contributed by atoms with Crippen molar-refractivity contribution in [1.82, 2.24) is 10.6 Å². The van der Waals surface area contributed by atoms with Gasteiger partial charge in [0.25, 0.3) is 0 Å². The fraction of sp³-hybridized carbons (Fsp3) is 0.941. The van der Waals surface area contributed by atoms with E-state index in [1.807, 2.05) is 0 Å². The molecular formula is C17H34N2O. The van der Waals surface area contributed by atoms with Crippen molar-refractivity contribution in [3.05, 3.63) is 0 Å². The number of nitrogens with one attached hydrogen (secondary N) is 2. The summed E-state index contributed by atoms with van der Waals surface area (Å²) in [6, 6.07) is 0.508. The SMILES string of the molecule is CCCCCC(CCCC)CC(=O)NC[C@H]1CCCN1. The topological polar surface area (TPSA) is 41.1 Å². The lowest BCUT2D eigenvalue weighted by Crippen LogP contribution is -2.37. The van der Waals surface area contributed by atoms with Crippen LogP contribution in [0.5, 0.6) is 0 Å². The number of unbranched alkanes of at least 4 members (excludes halogenated alkanes) is 3. The van der Waals surface area contributed by atoms with Crippen LogP contribution in [0.4, 0.5) is 0 Å².